The molecule has 0 aliphatic rings. The van der Waals surface area contributed by atoms with E-state index in [9.17, 15) is 13.2 Å². The second-order valence-corrected chi connectivity index (χ2v) is 5.36. The van der Waals surface area contributed by atoms with Crippen LogP contribution in [0, 0.1) is 28.9 Å². The number of hydrogen-bond acceptors (Lipinski definition) is 4. The quantitative estimate of drug-likeness (QED) is 0.709. The van der Waals surface area contributed by atoms with Crippen molar-refractivity contribution in [2.75, 3.05) is 0 Å². The standard InChI is InChI=1S/C19H12F3N3O/c20-16-15(10-24)17(21)19(25-18(16)22)26-14-6-2-5-13(8-14)12-4-1-3-11(7-12)9-23/h1-8H,9,23H2. The third-order valence-electron chi connectivity index (χ3n) is 3.66. The number of ether oxygens (including phenoxy) is 1. The van der Waals surface area contributed by atoms with Gasteiger partial charge in [-0.2, -0.15) is 19.0 Å². The number of rotatable bonds is 4. The first-order valence-corrected chi connectivity index (χ1v) is 7.55. The molecule has 1 aromatic heterocycles. The highest BCUT2D eigenvalue weighted by Crippen LogP contribution is 2.30. The Balaban J connectivity index is 1.98. The highest BCUT2D eigenvalue weighted by molar-refractivity contribution is 5.66. The number of aromatic nitrogens is 1. The van der Waals surface area contributed by atoms with E-state index in [2.05, 4.69) is 4.98 Å². The molecule has 0 saturated heterocycles. The Kier molecular flexibility index (Phi) is 4.87. The summed E-state index contributed by atoms with van der Waals surface area (Å²) in [4.78, 5) is 3.10. The summed E-state index contributed by atoms with van der Waals surface area (Å²) in [5.74, 6) is -5.27. The van der Waals surface area contributed by atoms with Crippen LogP contribution in [-0.4, -0.2) is 4.98 Å². The van der Waals surface area contributed by atoms with Gasteiger partial charge in [0, 0.05) is 6.54 Å². The number of halogens is 3. The van der Waals surface area contributed by atoms with E-state index in [1.807, 2.05) is 24.3 Å². The summed E-state index contributed by atoms with van der Waals surface area (Å²) in [7, 11) is 0. The second kappa shape index (κ2) is 7.25. The Morgan fingerprint density at radius 2 is 1.69 bits per heavy atom. The lowest BCUT2D eigenvalue weighted by molar-refractivity contribution is 0.385. The molecule has 1 heterocycles. The van der Waals surface area contributed by atoms with Crippen LogP contribution in [0.2, 0.25) is 0 Å². The zero-order chi connectivity index (χ0) is 18.7. The van der Waals surface area contributed by atoms with Crippen molar-refractivity contribution in [2.45, 2.75) is 6.54 Å². The molecule has 0 atom stereocenters. The van der Waals surface area contributed by atoms with Gasteiger partial charge in [0.1, 0.15) is 17.4 Å². The summed E-state index contributed by atoms with van der Waals surface area (Å²) in [6, 6.07) is 15.3. The van der Waals surface area contributed by atoms with Gasteiger partial charge in [-0.3, -0.25) is 0 Å². The fourth-order valence-corrected chi connectivity index (χ4v) is 2.39. The number of pyridine rings is 1. The van der Waals surface area contributed by atoms with Crippen LogP contribution in [0.4, 0.5) is 13.2 Å². The van der Waals surface area contributed by atoms with E-state index < -0.39 is 29.0 Å². The Hall–Kier alpha value is -3.37. The maximum absolute atomic E-state index is 14.1. The van der Waals surface area contributed by atoms with Crippen LogP contribution in [0.25, 0.3) is 11.1 Å². The third-order valence-corrected chi connectivity index (χ3v) is 3.66. The highest BCUT2D eigenvalue weighted by atomic mass is 19.2. The Bertz CT molecular complexity index is 1020. The van der Waals surface area contributed by atoms with Crippen LogP contribution in [0.3, 0.4) is 0 Å². The number of hydrogen-bond donors (Lipinski definition) is 1. The number of nitriles is 1. The summed E-state index contributed by atoms with van der Waals surface area (Å²) in [6.45, 7) is 0.380. The molecular formula is C19H12F3N3O. The number of nitrogens with two attached hydrogens (primary N) is 1. The molecule has 26 heavy (non-hydrogen) atoms. The van der Waals surface area contributed by atoms with Crippen LogP contribution >= 0.6 is 0 Å². The van der Waals surface area contributed by atoms with E-state index in [-0.39, 0.29) is 5.75 Å². The number of nitrogens with zero attached hydrogens (tertiary/aromatic N) is 2. The van der Waals surface area contributed by atoms with Crippen molar-refractivity contribution in [1.82, 2.24) is 4.98 Å². The van der Waals surface area contributed by atoms with E-state index in [1.54, 1.807) is 18.2 Å². The first kappa shape index (κ1) is 17.5. The van der Waals surface area contributed by atoms with Crippen molar-refractivity contribution in [3.05, 3.63) is 77.2 Å². The minimum absolute atomic E-state index is 0.155. The van der Waals surface area contributed by atoms with Crippen molar-refractivity contribution >= 4 is 0 Å². The lowest BCUT2D eigenvalue weighted by Crippen LogP contribution is -2.03. The van der Waals surface area contributed by atoms with Gasteiger partial charge in [0.25, 0.3) is 11.8 Å². The van der Waals surface area contributed by atoms with E-state index >= 15 is 0 Å². The van der Waals surface area contributed by atoms with Gasteiger partial charge in [0.2, 0.25) is 5.82 Å². The maximum atomic E-state index is 14.1. The molecule has 0 amide bonds. The predicted octanol–water partition coefficient (Wildman–Crippen LogP) is 4.29. The molecule has 2 aromatic carbocycles. The molecule has 0 aliphatic carbocycles. The lowest BCUT2D eigenvalue weighted by atomic mass is 10.0. The molecule has 3 rings (SSSR count). The van der Waals surface area contributed by atoms with Crippen molar-refractivity contribution in [1.29, 1.82) is 5.26 Å². The van der Waals surface area contributed by atoms with Gasteiger partial charge in [-0.05, 0) is 34.9 Å². The molecule has 0 fully saturated rings. The molecule has 2 N–H and O–H groups in total. The zero-order valence-electron chi connectivity index (χ0n) is 13.3. The molecule has 0 saturated carbocycles. The Morgan fingerprint density at radius 1 is 1.00 bits per heavy atom. The maximum Gasteiger partial charge on any atom is 0.260 e. The van der Waals surface area contributed by atoms with E-state index in [0.29, 0.717) is 6.54 Å². The van der Waals surface area contributed by atoms with Gasteiger partial charge in [0.05, 0.1) is 0 Å². The summed E-state index contributed by atoms with van der Waals surface area (Å²) >= 11 is 0. The largest absolute Gasteiger partial charge is 0.436 e. The molecule has 0 unspecified atom stereocenters. The van der Waals surface area contributed by atoms with Crippen LogP contribution in [0.5, 0.6) is 11.6 Å². The SMILES string of the molecule is N#Cc1c(F)c(F)nc(Oc2cccc(-c3cccc(CN)c3)c2)c1F. The Labute approximate surface area is 147 Å². The van der Waals surface area contributed by atoms with Crippen molar-refractivity contribution in [3.8, 4) is 28.8 Å². The van der Waals surface area contributed by atoms with Crippen molar-refractivity contribution < 1.29 is 17.9 Å². The number of benzene rings is 2. The summed E-state index contributed by atoms with van der Waals surface area (Å²) in [5, 5.41) is 8.77. The van der Waals surface area contributed by atoms with Crippen LogP contribution in [0.15, 0.2) is 48.5 Å². The van der Waals surface area contributed by atoms with Gasteiger partial charge in [-0.1, -0.05) is 30.3 Å². The third kappa shape index (κ3) is 3.36. The molecule has 3 aromatic rings. The van der Waals surface area contributed by atoms with Crippen LogP contribution in [-0.2, 0) is 6.54 Å². The van der Waals surface area contributed by atoms with Gasteiger partial charge >= 0.3 is 0 Å². The van der Waals surface area contributed by atoms with Crippen molar-refractivity contribution in [3.63, 3.8) is 0 Å². The van der Waals surface area contributed by atoms with Crippen LogP contribution < -0.4 is 10.5 Å². The molecule has 0 aliphatic heterocycles. The smallest absolute Gasteiger partial charge is 0.260 e. The predicted molar refractivity (Wildman–Crippen MR) is 88.7 cm³/mol. The van der Waals surface area contributed by atoms with Crippen molar-refractivity contribution in [2.24, 2.45) is 5.73 Å². The minimum atomic E-state index is -1.65. The molecule has 0 bridgehead atoms. The van der Waals surface area contributed by atoms with Gasteiger partial charge in [0.15, 0.2) is 5.82 Å². The fraction of sp³-hybridized carbons (Fsp3) is 0.0526. The monoisotopic (exact) mass is 355 g/mol. The van der Waals surface area contributed by atoms with Gasteiger partial charge < -0.3 is 10.5 Å². The minimum Gasteiger partial charge on any atom is -0.436 e. The first-order valence-electron chi connectivity index (χ1n) is 7.55. The molecule has 0 spiro atoms. The highest BCUT2D eigenvalue weighted by Gasteiger charge is 2.22. The average molecular weight is 355 g/mol. The van der Waals surface area contributed by atoms with Crippen LogP contribution in [0.1, 0.15) is 11.1 Å². The Morgan fingerprint density at radius 3 is 2.38 bits per heavy atom. The van der Waals surface area contributed by atoms with E-state index in [0.717, 1.165) is 16.7 Å². The lowest BCUT2D eigenvalue weighted by Gasteiger charge is -2.10. The normalized spacial score (nSPS) is 10.4. The summed E-state index contributed by atoms with van der Waals surface area (Å²) in [6.07, 6.45) is 0. The summed E-state index contributed by atoms with van der Waals surface area (Å²) < 4.78 is 46.1. The van der Waals surface area contributed by atoms with E-state index in [1.165, 1.54) is 12.1 Å². The first-order chi connectivity index (χ1) is 12.5. The molecule has 4 nitrogen and oxygen atoms in total. The average Bonchev–Trinajstić information content (AvgIpc) is 2.67. The van der Waals surface area contributed by atoms with Gasteiger partial charge in [-0.25, -0.2) is 4.39 Å². The second-order valence-electron chi connectivity index (χ2n) is 5.36. The molecule has 7 heteroatoms. The molecule has 0 radical (unpaired) electrons. The zero-order valence-corrected chi connectivity index (χ0v) is 13.3. The topological polar surface area (TPSA) is 71.9 Å². The summed E-state index contributed by atoms with van der Waals surface area (Å²) in [5.41, 5.74) is 7.09. The fourth-order valence-electron chi connectivity index (χ4n) is 2.39. The molecule has 130 valence electrons. The van der Waals surface area contributed by atoms with Gasteiger partial charge in [-0.15, -0.1) is 0 Å². The van der Waals surface area contributed by atoms with E-state index in [4.69, 9.17) is 15.7 Å². The molecular weight excluding hydrogens is 343 g/mol.